The van der Waals surface area contributed by atoms with Crippen LogP contribution in [0, 0.1) is 5.92 Å². The fourth-order valence-corrected chi connectivity index (χ4v) is 3.51. The lowest BCUT2D eigenvalue weighted by molar-refractivity contribution is -0.134. The molecule has 0 bridgehead atoms. The summed E-state index contributed by atoms with van der Waals surface area (Å²) >= 11 is 0. The summed E-state index contributed by atoms with van der Waals surface area (Å²) < 4.78 is 0. The van der Waals surface area contributed by atoms with Crippen LogP contribution in [0.2, 0.25) is 0 Å². The number of hydrogen-bond acceptors (Lipinski definition) is 2. The van der Waals surface area contributed by atoms with E-state index in [0.717, 1.165) is 24.9 Å². The molecule has 0 aliphatic carbocycles. The number of nitrogens with two attached hydrogens (primary N) is 1. The van der Waals surface area contributed by atoms with Gasteiger partial charge in [-0.25, -0.2) is 0 Å². The van der Waals surface area contributed by atoms with Gasteiger partial charge in [-0.1, -0.05) is 49.4 Å². The summed E-state index contributed by atoms with van der Waals surface area (Å²) in [7, 11) is 0. The Bertz CT molecular complexity index is 668. The van der Waals surface area contributed by atoms with E-state index in [1.54, 1.807) is 0 Å². The first kappa shape index (κ1) is 17.8. The van der Waals surface area contributed by atoms with Crippen molar-refractivity contribution in [3.63, 3.8) is 0 Å². The molecule has 2 unspecified atom stereocenters. The Balaban J connectivity index is 0.00000192. The van der Waals surface area contributed by atoms with Gasteiger partial charge in [0.25, 0.3) is 0 Å². The quantitative estimate of drug-likeness (QED) is 0.936. The molecule has 4 heteroatoms. The van der Waals surface area contributed by atoms with Crippen LogP contribution in [0.5, 0.6) is 0 Å². The zero-order valence-electron chi connectivity index (χ0n) is 13.6. The number of fused-ring (bicyclic) bond motifs is 1. The summed E-state index contributed by atoms with van der Waals surface area (Å²) in [6, 6.07) is 14.6. The van der Waals surface area contributed by atoms with Gasteiger partial charge in [0.15, 0.2) is 0 Å². The first-order chi connectivity index (χ1) is 10.7. The first-order valence-corrected chi connectivity index (χ1v) is 8.15. The number of piperidine rings is 1. The molecule has 3 rings (SSSR count). The highest BCUT2D eigenvalue weighted by Crippen LogP contribution is 2.24. The van der Waals surface area contributed by atoms with E-state index in [9.17, 15) is 4.79 Å². The summed E-state index contributed by atoms with van der Waals surface area (Å²) in [6.07, 6.45) is 2.57. The minimum absolute atomic E-state index is 0. The second-order valence-corrected chi connectivity index (χ2v) is 6.42. The van der Waals surface area contributed by atoms with Gasteiger partial charge < -0.3 is 10.6 Å². The van der Waals surface area contributed by atoms with Crippen molar-refractivity contribution in [1.82, 2.24) is 4.90 Å². The highest BCUT2D eigenvalue weighted by atomic mass is 35.5. The molecule has 1 aliphatic heterocycles. The minimum Gasteiger partial charge on any atom is -0.338 e. The van der Waals surface area contributed by atoms with Crippen molar-refractivity contribution < 1.29 is 4.79 Å². The van der Waals surface area contributed by atoms with Crippen LogP contribution in [0.4, 0.5) is 0 Å². The number of benzene rings is 2. The summed E-state index contributed by atoms with van der Waals surface area (Å²) in [4.78, 5) is 14.8. The summed E-state index contributed by atoms with van der Waals surface area (Å²) in [5, 5.41) is 2.36. The van der Waals surface area contributed by atoms with Gasteiger partial charge in [-0.05, 0) is 35.1 Å². The number of likely N-dealkylation sites (tertiary alicyclic amines) is 1. The SMILES string of the molecule is CC1CCN(C(=O)Cc2cccc3ccccc23)C(CN)C1.Cl. The average molecular weight is 333 g/mol. The van der Waals surface area contributed by atoms with Crippen LogP contribution in [0.25, 0.3) is 10.8 Å². The molecular formula is C19H25ClN2O. The zero-order chi connectivity index (χ0) is 15.5. The molecule has 0 aromatic heterocycles. The van der Waals surface area contributed by atoms with Gasteiger partial charge in [-0.15, -0.1) is 12.4 Å². The number of halogens is 1. The van der Waals surface area contributed by atoms with Crippen LogP contribution in [0.1, 0.15) is 25.3 Å². The van der Waals surface area contributed by atoms with E-state index in [0.29, 0.717) is 18.9 Å². The molecule has 3 nitrogen and oxygen atoms in total. The molecule has 1 aliphatic rings. The number of carbonyl (C=O) groups excluding carboxylic acids is 1. The number of carbonyl (C=O) groups is 1. The third-order valence-electron chi connectivity index (χ3n) is 4.79. The fraction of sp³-hybridized carbons (Fsp3) is 0.421. The van der Waals surface area contributed by atoms with Crippen LogP contribution >= 0.6 is 12.4 Å². The van der Waals surface area contributed by atoms with E-state index in [1.165, 1.54) is 10.8 Å². The van der Waals surface area contributed by atoms with Crippen LogP contribution < -0.4 is 5.73 Å². The molecule has 2 N–H and O–H groups in total. The Morgan fingerprint density at radius 2 is 1.96 bits per heavy atom. The summed E-state index contributed by atoms with van der Waals surface area (Å²) in [5.41, 5.74) is 6.99. The maximum atomic E-state index is 12.8. The third kappa shape index (κ3) is 3.85. The highest BCUT2D eigenvalue weighted by Gasteiger charge is 2.28. The Hall–Kier alpha value is -1.58. The largest absolute Gasteiger partial charge is 0.338 e. The van der Waals surface area contributed by atoms with E-state index >= 15 is 0 Å². The predicted octanol–water partition coefficient (Wildman–Crippen LogP) is 3.39. The second-order valence-electron chi connectivity index (χ2n) is 6.42. The van der Waals surface area contributed by atoms with Gasteiger partial charge in [0.1, 0.15) is 0 Å². The minimum atomic E-state index is 0. The monoisotopic (exact) mass is 332 g/mol. The van der Waals surface area contributed by atoms with Crippen molar-refractivity contribution in [1.29, 1.82) is 0 Å². The summed E-state index contributed by atoms with van der Waals surface area (Å²) in [5.74, 6) is 0.869. The molecule has 0 radical (unpaired) electrons. The van der Waals surface area contributed by atoms with Gasteiger partial charge in [0.05, 0.1) is 6.42 Å². The molecular weight excluding hydrogens is 308 g/mol. The normalized spacial score (nSPS) is 21.0. The standard InChI is InChI=1S/C19H24N2O.ClH/c1-14-9-10-21(17(11-14)13-20)19(22)12-16-7-4-6-15-5-2-3-8-18(15)16;/h2-8,14,17H,9-13,20H2,1H3;1H. The topological polar surface area (TPSA) is 46.3 Å². The number of amides is 1. The van der Waals surface area contributed by atoms with Crippen molar-refractivity contribution in [2.75, 3.05) is 13.1 Å². The van der Waals surface area contributed by atoms with Crippen LogP contribution in [0.15, 0.2) is 42.5 Å². The second kappa shape index (κ2) is 7.80. The number of hydrogen-bond donors (Lipinski definition) is 1. The Morgan fingerprint density at radius 1 is 1.22 bits per heavy atom. The predicted molar refractivity (Wildman–Crippen MR) is 97.9 cm³/mol. The lowest BCUT2D eigenvalue weighted by Gasteiger charge is -2.38. The van der Waals surface area contributed by atoms with Crippen LogP contribution in [0.3, 0.4) is 0 Å². The molecule has 124 valence electrons. The molecule has 2 aromatic carbocycles. The average Bonchev–Trinajstić information content (AvgIpc) is 2.55. The highest BCUT2D eigenvalue weighted by molar-refractivity contribution is 5.90. The van der Waals surface area contributed by atoms with Crippen molar-refractivity contribution in [3.8, 4) is 0 Å². The molecule has 0 spiro atoms. The molecule has 2 aromatic rings. The fourth-order valence-electron chi connectivity index (χ4n) is 3.51. The molecule has 0 saturated carbocycles. The third-order valence-corrected chi connectivity index (χ3v) is 4.79. The van der Waals surface area contributed by atoms with Crippen molar-refractivity contribution in [3.05, 3.63) is 48.0 Å². The molecule has 1 heterocycles. The molecule has 23 heavy (non-hydrogen) atoms. The van der Waals surface area contributed by atoms with Gasteiger partial charge >= 0.3 is 0 Å². The van der Waals surface area contributed by atoms with E-state index in [4.69, 9.17) is 5.73 Å². The van der Waals surface area contributed by atoms with E-state index < -0.39 is 0 Å². The molecule has 1 saturated heterocycles. The Labute approximate surface area is 144 Å². The number of rotatable bonds is 3. The Morgan fingerprint density at radius 3 is 2.74 bits per heavy atom. The van der Waals surface area contributed by atoms with E-state index in [2.05, 4.69) is 31.2 Å². The van der Waals surface area contributed by atoms with Crippen molar-refractivity contribution in [2.45, 2.75) is 32.2 Å². The van der Waals surface area contributed by atoms with Crippen molar-refractivity contribution in [2.24, 2.45) is 11.7 Å². The molecule has 2 atom stereocenters. The van der Waals surface area contributed by atoms with Gasteiger partial charge in [-0.3, -0.25) is 4.79 Å². The molecule has 1 amide bonds. The maximum absolute atomic E-state index is 12.8. The smallest absolute Gasteiger partial charge is 0.227 e. The van der Waals surface area contributed by atoms with Crippen LogP contribution in [-0.4, -0.2) is 29.9 Å². The van der Waals surface area contributed by atoms with Gasteiger partial charge in [0.2, 0.25) is 5.91 Å². The van der Waals surface area contributed by atoms with Gasteiger partial charge in [0, 0.05) is 19.1 Å². The first-order valence-electron chi connectivity index (χ1n) is 8.15. The summed E-state index contributed by atoms with van der Waals surface area (Å²) in [6.45, 7) is 3.65. The Kier molecular flexibility index (Phi) is 6.03. The lowest BCUT2D eigenvalue weighted by atomic mass is 9.91. The lowest BCUT2D eigenvalue weighted by Crippen LogP contribution is -2.49. The molecule has 1 fully saturated rings. The van der Waals surface area contributed by atoms with Crippen LogP contribution in [-0.2, 0) is 11.2 Å². The maximum Gasteiger partial charge on any atom is 0.227 e. The zero-order valence-corrected chi connectivity index (χ0v) is 14.4. The van der Waals surface area contributed by atoms with E-state index in [1.807, 2.05) is 23.1 Å². The number of nitrogens with zero attached hydrogens (tertiary/aromatic N) is 1. The van der Waals surface area contributed by atoms with Crippen molar-refractivity contribution >= 4 is 29.1 Å². The van der Waals surface area contributed by atoms with Gasteiger partial charge in [-0.2, -0.15) is 0 Å². The van der Waals surface area contributed by atoms with E-state index in [-0.39, 0.29) is 24.4 Å².